The van der Waals surface area contributed by atoms with Gasteiger partial charge in [0.15, 0.2) is 0 Å². The number of nitro benzene ring substituents is 1. The Kier molecular flexibility index (Phi) is 4.38. The summed E-state index contributed by atoms with van der Waals surface area (Å²) in [4.78, 5) is 10.7. The van der Waals surface area contributed by atoms with Crippen LogP contribution in [0, 0.1) is 10.1 Å². The molecule has 1 unspecified atom stereocenters. The Bertz CT molecular complexity index is 891. The molecule has 1 aromatic heterocycles. The molecule has 5 nitrogen and oxygen atoms in total. The number of nitro groups is 1. The van der Waals surface area contributed by atoms with Crippen LogP contribution < -0.4 is 5.32 Å². The molecule has 0 saturated heterocycles. The molecule has 0 bridgehead atoms. The molecule has 122 valence electrons. The molecule has 0 saturated carbocycles. The second-order valence-electron chi connectivity index (χ2n) is 5.60. The molecule has 1 aliphatic rings. The summed E-state index contributed by atoms with van der Waals surface area (Å²) in [6.07, 6.45) is 2.03. The van der Waals surface area contributed by atoms with Crippen molar-refractivity contribution in [2.45, 2.75) is 12.6 Å². The van der Waals surface area contributed by atoms with Gasteiger partial charge in [-0.1, -0.05) is 30.3 Å². The number of hydrogen-bond donors (Lipinski definition) is 1. The van der Waals surface area contributed by atoms with Crippen molar-refractivity contribution in [2.75, 3.05) is 0 Å². The molecule has 0 radical (unpaired) electrons. The van der Waals surface area contributed by atoms with E-state index >= 15 is 0 Å². The SMILES string of the molecule is Cl.O=[N+]([O-])c1cccc(C2NCc3ccccc3-n3cccc32)c1. The first-order valence-corrected chi connectivity index (χ1v) is 7.47. The average molecular weight is 342 g/mol. The maximum atomic E-state index is 11.1. The molecule has 24 heavy (non-hydrogen) atoms. The number of nitrogens with zero attached hydrogens (tertiary/aromatic N) is 2. The molecule has 1 aliphatic heterocycles. The number of benzene rings is 2. The van der Waals surface area contributed by atoms with Crippen LogP contribution in [0.3, 0.4) is 0 Å². The summed E-state index contributed by atoms with van der Waals surface area (Å²) < 4.78 is 2.15. The number of non-ortho nitro benzene ring substituents is 1. The minimum absolute atomic E-state index is 0. The van der Waals surface area contributed by atoms with Crippen LogP contribution in [-0.4, -0.2) is 9.49 Å². The summed E-state index contributed by atoms with van der Waals surface area (Å²) in [5, 5.41) is 14.6. The number of halogens is 1. The lowest BCUT2D eigenvalue weighted by Crippen LogP contribution is -2.21. The van der Waals surface area contributed by atoms with Crippen LogP contribution in [0.5, 0.6) is 0 Å². The number of fused-ring (bicyclic) bond motifs is 3. The van der Waals surface area contributed by atoms with E-state index in [9.17, 15) is 10.1 Å². The number of para-hydroxylation sites is 1. The molecular weight excluding hydrogens is 326 g/mol. The third-order valence-electron chi connectivity index (χ3n) is 4.24. The zero-order valence-corrected chi connectivity index (χ0v) is 13.6. The van der Waals surface area contributed by atoms with E-state index in [2.05, 4.69) is 28.1 Å². The second-order valence-corrected chi connectivity index (χ2v) is 5.60. The van der Waals surface area contributed by atoms with Crippen molar-refractivity contribution in [3.63, 3.8) is 0 Å². The van der Waals surface area contributed by atoms with Crippen molar-refractivity contribution in [2.24, 2.45) is 0 Å². The quantitative estimate of drug-likeness (QED) is 0.566. The predicted octanol–water partition coefficient (Wildman–Crippen LogP) is 4.00. The molecule has 1 atom stereocenters. The standard InChI is InChI=1S/C18H15N3O2.ClH/c22-21(23)15-7-3-6-13(11-15)18-17-9-4-10-20(17)16-8-2-1-5-14(16)12-19-18;/h1-11,18-19H,12H2;1H. The van der Waals surface area contributed by atoms with Crippen LogP contribution >= 0.6 is 12.4 Å². The molecule has 4 rings (SSSR count). The highest BCUT2D eigenvalue weighted by atomic mass is 35.5. The highest BCUT2D eigenvalue weighted by Gasteiger charge is 2.23. The number of aromatic nitrogens is 1. The maximum Gasteiger partial charge on any atom is 0.269 e. The van der Waals surface area contributed by atoms with Gasteiger partial charge in [0.25, 0.3) is 5.69 Å². The fourth-order valence-corrected chi connectivity index (χ4v) is 3.17. The van der Waals surface area contributed by atoms with Gasteiger partial charge >= 0.3 is 0 Å². The van der Waals surface area contributed by atoms with E-state index in [1.165, 1.54) is 11.6 Å². The monoisotopic (exact) mass is 341 g/mol. The summed E-state index contributed by atoms with van der Waals surface area (Å²) in [5.41, 5.74) is 4.44. The molecule has 0 spiro atoms. The summed E-state index contributed by atoms with van der Waals surface area (Å²) in [7, 11) is 0. The zero-order chi connectivity index (χ0) is 15.8. The van der Waals surface area contributed by atoms with E-state index in [-0.39, 0.29) is 29.1 Å². The van der Waals surface area contributed by atoms with Gasteiger partial charge in [-0.15, -0.1) is 12.4 Å². The Morgan fingerprint density at radius 1 is 1.08 bits per heavy atom. The van der Waals surface area contributed by atoms with Crippen LogP contribution in [-0.2, 0) is 6.54 Å². The van der Waals surface area contributed by atoms with Crippen molar-refractivity contribution >= 4 is 18.1 Å². The lowest BCUT2D eigenvalue weighted by Gasteiger charge is -2.17. The average Bonchev–Trinajstić information content (AvgIpc) is 2.99. The Morgan fingerprint density at radius 3 is 2.75 bits per heavy atom. The fourth-order valence-electron chi connectivity index (χ4n) is 3.17. The summed E-state index contributed by atoms with van der Waals surface area (Å²) >= 11 is 0. The van der Waals surface area contributed by atoms with E-state index in [1.807, 2.05) is 30.5 Å². The molecule has 0 aliphatic carbocycles. The van der Waals surface area contributed by atoms with Crippen LogP contribution in [0.25, 0.3) is 5.69 Å². The van der Waals surface area contributed by atoms with Crippen molar-refractivity contribution < 1.29 is 4.92 Å². The molecular formula is C18H16ClN3O2. The van der Waals surface area contributed by atoms with Crippen molar-refractivity contribution in [1.29, 1.82) is 0 Å². The lowest BCUT2D eigenvalue weighted by molar-refractivity contribution is -0.384. The van der Waals surface area contributed by atoms with E-state index in [0.29, 0.717) is 6.54 Å². The van der Waals surface area contributed by atoms with Crippen LogP contribution in [0.1, 0.15) is 22.9 Å². The third kappa shape index (κ3) is 2.68. The second kappa shape index (κ2) is 6.47. The number of nitrogens with one attached hydrogen (secondary N) is 1. The third-order valence-corrected chi connectivity index (χ3v) is 4.24. The molecule has 2 aromatic carbocycles. The van der Waals surface area contributed by atoms with Gasteiger partial charge in [-0.3, -0.25) is 10.1 Å². The Morgan fingerprint density at radius 2 is 1.92 bits per heavy atom. The maximum absolute atomic E-state index is 11.1. The van der Waals surface area contributed by atoms with Gasteiger partial charge in [0.1, 0.15) is 0 Å². The highest BCUT2D eigenvalue weighted by Crippen LogP contribution is 2.31. The van der Waals surface area contributed by atoms with Gasteiger partial charge in [0.2, 0.25) is 0 Å². The van der Waals surface area contributed by atoms with Gasteiger partial charge in [-0.05, 0) is 29.3 Å². The number of hydrogen-bond acceptors (Lipinski definition) is 3. The van der Waals surface area contributed by atoms with E-state index in [4.69, 9.17) is 0 Å². The first kappa shape index (κ1) is 16.2. The van der Waals surface area contributed by atoms with Crippen molar-refractivity contribution in [3.05, 3.63) is 93.8 Å². The summed E-state index contributed by atoms with van der Waals surface area (Å²) in [6.45, 7) is 0.714. The van der Waals surface area contributed by atoms with Crippen molar-refractivity contribution in [3.8, 4) is 5.69 Å². The predicted molar refractivity (Wildman–Crippen MR) is 94.8 cm³/mol. The minimum atomic E-state index is -0.353. The fraction of sp³-hybridized carbons (Fsp3) is 0.111. The van der Waals surface area contributed by atoms with Crippen molar-refractivity contribution in [1.82, 2.24) is 9.88 Å². The Hall–Kier alpha value is -2.63. The Labute approximate surface area is 145 Å². The van der Waals surface area contributed by atoms with E-state index in [0.717, 1.165) is 16.9 Å². The minimum Gasteiger partial charge on any atom is -0.319 e. The van der Waals surface area contributed by atoms with E-state index < -0.39 is 0 Å². The highest BCUT2D eigenvalue weighted by molar-refractivity contribution is 5.85. The molecule has 1 N–H and O–H groups in total. The first-order valence-electron chi connectivity index (χ1n) is 7.47. The molecule has 0 amide bonds. The molecule has 0 fully saturated rings. The normalized spacial score (nSPS) is 15.6. The molecule has 3 aromatic rings. The summed E-state index contributed by atoms with van der Waals surface area (Å²) in [6, 6.07) is 19.0. The van der Waals surface area contributed by atoms with Gasteiger partial charge < -0.3 is 9.88 Å². The van der Waals surface area contributed by atoms with Crippen LogP contribution in [0.2, 0.25) is 0 Å². The van der Waals surface area contributed by atoms with Gasteiger partial charge in [0, 0.05) is 36.3 Å². The first-order chi connectivity index (χ1) is 11.2. The Balaban J connectivity index is 0.00000169. The number of rotatable bonds is 2. The largest absolute Gasteiger partial charge is 0.319 e. The summed E-state index contributed by atoms with van der Waals surface area (Å²) in [5.74, 6) is 0. The topological polar surface area (TPSA) is 60.1 Å². The van der Waals surface area contributed by atoms with Gasteiger partial charge in [-0.2, -0.15) is 0 Å². The van der Waals surface area contributed by atoms with Crippen LogP contribution in [0.4, 0.5) is 5.69 Å². The van der Waals surface area contributed by atoms with Gasteiger partial charge in [-0.25, -0.2) is 0 Å². The molecule has 2 heterocycles. The lowest BCUT2D eigenvalue weighted by atomic mass is 10.0. The zero-order valence-electron chi connectivity index (χ0n) is 12.8. The van der Waals surface area contributed by atoms with Gasteiger partial charge in [0.05, 0.1) is 11.0 Å². The van der Waals surface area contributed by atoms with Crippen LogP contribution in [0.15, 0.2) is 66.9 Å². The molecule has 6 heteroatoms. The smallest absolute Gasteiger partial charge is 0.269 e. The van der Waals surface area contributed by atoms with E-state index in [1.54, 1.807) is 12.1 Å².